The molecule has 0 saturated carbocycles. The maximum Gasteiger partial charge on any atom is 0.322 e. The van der Waals surface area contributed by atoms with E-state index in [1.54, 1.807) is 42.7 Å². The van der Waals surface area contributed by atoms with E-state index in [4.69, 9.17) is 23.7 Å². The van der Waals surface area contributed by atoms with Crippen molar-refractivity contribution in [1.82, 2.24) is 35.5 Å². The molecule has 21 heteroatoms. The molecule has 0 unspecified atom stereocenters. The lowest BCUT2D eigenvalue weighted by Crippen LogP contribution is -2.52. The number of carbonyl (C=O) groups excluding carboxylic acids is 3. The van der Waals surface area contributed by atoms with Crippen LogP contribution >= 0.6 is 45.2 Å². The van der Waals surface area contributed by atoms with Crippen LogP contribution in [0, 0.1) is 7.14 Å². The molecule has 0 bridgehead atoms. The van der Waals surface area contributed by atoms with Crippen LogP contribution in [0.25, 0.3) is 11.0 Å². The van der Waals surface area contributed by atoms with Gasteiger partial charge in [-0.1, -0.05) is 66.7 Å². The third-order valence-corrected chi connectivity index (χ3v) is 12.0. The van der Waals surface area contributed by atoms with Crippen molar-refractivity contribution in [3.05, 3.63) is 217 Å². The van der Waals surface area contributed by atoms with E-state index in [2.05, 4.69) is 53.2 Å². The summed E-state index contributed by atoms with van der Waals surface area (Å²) in [6, 6.07) is 32.8. The Labute approximate surface area is 423 Å². The molecule has 0 spiro atoms. The second-order valence-corrected chi connectivity index (χ2v) is 17.5. The number of halogens is 2. The van der Waals surface area contributed by atoms with Gasteiger partial charge in [-0.2, -0.15) is 0 Å². The average Bonchev–Trinajstić information content (AvgIpc) is 4.02. The van der Waals surface area contributed by atoms with E-state index < -0.39 is 17.5 Å². The Bertz CT molecular complexity index is 3390. The number of imide groups is 1. The summed E-state index contributed by atoms with van der Waals surface area (Å²) in [6.07, 6.45) is 6.13. The van der Waals surface area contributed by atoms with Gasteiger partial charge in [-0.05, 0) is 86.1 Å². The molecule has 1 fully saturated rings. The van der Waals surface area contributed by atoms with Gasteiger partial charge in [0.25, 0.3) is 34.1 Å². The minimum atomic E-state index is -1.62. The van der Waals surface area contributed by atoms with Gasteiger partial charge < -0.3 is 53.9 Å². The Morgan fingerprint density at radius 3 is 1.93 bits per heavy atom. The Kier molecular flexibility index (Phi) is 16.4. The maximum atomic E-state index is 13.0. The summed E-state index contributed by atoms with van der Waals surface area (Å²) in [5.41, 5.74) is 1.12. The number of aromatic amines is 4. The summed E-state index contributed by atoms with van der Waals surface area (Å²) in [5.74, 6) is 0.978. The standard InChI is InChI=1S/C20H16N4O6.C12H10INO2.C12H11NO2.C5H4INO2/c1-29-12-3-2-10-8-24(17(26)13(10)5-12)9-20(18(27)22-19(28)23-20)15-4-11-7-21-16(25)6-14(11)30-15;13-10-7-14-12(15)6-11(10)16-8-9-4-2-1-3-5-9;14-12-8-11(6-7-13-12)15-9-10-4-2-1-3-5-10;6-3-2-7-5(9)1-4(3)8/h2-7H,8-9H2,1H3,(H,21,25)(H2,22,23,27,28);1-7H,8H2,(H,14,15);1-8H,9H2,(H,13,14);1-2H,(H2,7,8,9)/t20-;;;/m0.../s1. The molecule has 19 nitrogen and oxygen atoms in total. The van der Waals surface area contributed by atoms with Crippen LogP contribution in [0.15, 0.2) is 164 Å². The molecule has 2 aliphatic heterocycles. The number of furan rings is 1. The lowest BCUT2D eigenvalue weighted by molar-refractivity contribution is -0.125. The first-order valence-electron chi connectivity index (χ1n) is 20.9. The van der Waals surface area contributed by atoms with Gasteiger partial charge in [-0.15, -0.1) is 0 Å². The highest BCUT2D eigenvalue weighted by molar-refractivity contribution is 14.1. The van der Waals surface area contributed by atoms with Gasteiger partial charge in [0.15, 0.2) is 5.54 Å². The number of carbonyl (C=O) groups is 3. The summed E-state index contributed by atoms with van der Waals surface area (Å²) in [4.78, 5) is 93.5. The van der Waals surface area contributed by atoms with E-state index in [1.165, 1.54) is 42.6 Å². The molecule has 2 aliphatic rings. The lowest BCUT2D eigenvalue weighted by Gasteiger charge is -2.29. The highest BCUT2D eigenvalue weighted by atomic mass is 127. The predicted molar refractivity (Wildman–Crippen MR) is 273 cm³/mol. The van der Waals surface area contributed by atoms with Gasteiger partial charge >= 0.3 is 6.03 Å². The summed E-state index contributed by atoms with van der Waals surface area (Å²) in [6.45, 7) is 1.07. The Morgan fingerprint density at radius 2 is 1.30 bits per heavy atom. The fourth-order valence-electron chi connectivity index (χ4n) is 6.88. The Balaban J connectivity index is 0.000000152. The van der Waals surface area contributed by atoms with Crippen molar-refractivity contribution in [2.24, 2.45) is 0 Å². The minimum absolute atomic E-state index is 0.0272. The van der Waals surface area contributed by atoms with Crippen LogP contribution in [0.2, 0.25) is 0 Å². The van der Waals surface area contributed by atoms with E-state index in [0.717, 1.165) is 26.3 Å². The molecule has 10 rings (SSSR count). The smallest absolute Gasteiger partial charge is 0.322 e. The predicted octanol–water partition coefficient (Wildman–Crippen LogP) is 6.02. The molecular weight excluding hydrogens is 1130 g/mol. The quantitative estimate of drug-likeness (QED) is 0.0612. The van der Waals surface area contributed by atoms with Crippen LogP contribution in [-0.2, 0) is 30.1 Å². The number of aromatic hydroxyl groups is 1. The minimum Gasteiger partial charge on any atom is -0.507 e. The van der Waals surface area contributed by atoms with Gasteiger partial charge in [-0.3, -0.25) is 34.1 Å². The van der Waals surface area contributed by atoms with Crippen LogP contribution in [0.1, 0.15) is 32.8 Å². The molecule has 0 aliphatic carbocycles. The Morgan fingerprint density at radius 1 is 0.671 bits per heavy atom. The normalized spacial score (nSPS) is 14.4. The highest BCUT2D eigenvalue weighted by Crippen LogP contribution is 2.34. The van der Waals surface area contributed by atoms with Crippen LogP contribution in [0.3, 0.4) is 0 Å². The molecule has 358 valence electrons. The third-order valence-electron chi connectivity index (χ3n) is 10.3. The first-order chi connectivity index (χ1) is 33.7. The monoisotopic (exact) mass is 1170 g/mol. The number of urea groups is 1. The molecule has 8 aromatic rings. The number of aromatic nitrogens is 4. The van der Waals surface area contributed by atoms with Crippen molar-refractivity contribution in [3.8, 4) is 23.0 Å². The van der Waals surface area contributed by atoms with Crippen LogP contribution in [-0.4, -0.2) is 61.4 Å². The fraction of sp³-hybridized carbons (Fsp3) is 0.122. The zero-order valence-electron chi connectivity index (χ0n) is 36.7. The van der Waals surface area contributed by atoms with Crippen molar-refractivity contribution < 1.29 is 38.1 Å². The van der Waals surface area contributed by atoms with Crippen LogP contribution < -0.4 is 47.1 Å². The van der Waals surface area contributed by atoms with Crippen molar-refractivity contribution in [2.75, 3.05) is 13.7 Å². The van der Waals surface area contributed by atoms with Gasteiger partial charge in [0.05, 0.1) is 20.8 Å². The Hall–Kier alpha value is -7.93. The number of pyridine rings is 4. The third kappa shape index (κ3) is 12.8. The molecule has 1 atom stereocenters. The van der Waals surface area contributed by atoms with Crippen molar-refractivity contribution in [2.45, 2.75) is 25.3 Å². The van der Waals surface area contributed by atoms with Gasteiger partial charge in [-0.25, -0.2) is 4.79 Å². The molecule has 7 N–H and O–H groups in total. The summed E-state index contributed by atoms with van der Waals surface area (Å²) >= 11 is 4.05. The SMILES string of the molecule is COc1ccc2c(c1)C(=O)N(C[C@@]1(c3cc4c[nH]c(=O)cc4o3)NC(=O)NC1=O)C2.O=c1cc(O)c(I)c[nH]1.O=c1cc(OCc2ccccc2)c(I)c[nH]1.O=c1cc(OCc2ccccc2)cc[nH]1. The number of nitrogens with zero attached hydrogens (tertiary/aromatic N) is 1. The molecular formula is C49H41I2N7O12. The zero-order valence-corrected chi connectivity index (χ0v) is 41.1. The van der Waals surface area contributed by atoms with E-state index in [0.29, 0.717) is 45.0 Å². The van der Waals surface area contributed by atoms with Crippen molar-refractivity contribution >= 4 is 74.0 Å². The topological polar surface area (TPSA) is 271 Å². The number of rotatable bonds is 10. The van der Waals surface area contributed by atoms with E-state index in [9.17, 15) is 33.6 Å². The fourth-order valence-corrected chi connectivity index (χ4v) is 7.66. The lowest BCUT2D eigenvalue weighted by atomic mass is 9.95. The average molecular weight is 1170 g/mol. The summed E-state index contributed by atoms with van der Waals surface area (Å²) in [5, 5.41) is 14.2. The van der Waals surface area contributed by atoms with E-state index >= 15 is 0 Å². The highest BCUT2D eigenvalue weighted by Gasteiger charge is 2.53. The number of H-pyrrole nitrogens is 4. The van der Waals surface area contributed by atoms with Gasteiger partial charge in [0, 0.05) is 66.5 Å². The number of nitrogens with one attached hydrogen (secondary N) is 6. The maximum absolute atomic E-state index is 13.0. The first-order valence-corrected chi connectivity index (χ1v) is 23.1. The van der Waals surface area contributed by atoms with Gasteiger partial charge in [0.1, 0.15) is 47.6 Å². The van der Waals surface area contributed by atoms with Gasteiger partial charge in [0.2, 0.25) is 0 Å². The molecule has 0 radical (unpaired) electrons. The number of hydrogen-bond donors (Lipinski definition) is 7. The number of amides is 4. The number of methoxy groups -OCH3 is 1. The number of hydrogen-bond acceptors (Lipinski definition) is 12. The second-order valence-electron chi connectivity index (χ2n) is 15.2. The van der Waals surface area contributed by atoms with Crippen LogP contribution in [0.5, 0.6) is 23.0 Å². The number of fused-ring (bicyclic) bond motifs is 2. The molecule has 7 heterocycles. The van der Waals surface area contributed by atoms with Crippen molar-refractivity contribution in [3.63, 3.8) is 0 Å². The summed E-state index contributed by atoms with van der Waals surface area (Å²) in [7, 11) is 1.51. The second kappa shape index (κ2) is 22.9. The first kappa shape index (κ1) is 50.0. The molecule has 5 aromatic heterocycles. The van der Waals surface area contributed by atoms with Crippen molar-refractivity contribution in [1.29, 1.82) is 0 Å². The molecule has 70 heavy (non-hydrogen) atoms. The van der Waals surface area contributed by atoms with Crippen LogP contribution in [0.4, 0.5) is 4.79 Å². The largest absolute Gasteiger partial charge is 0.507 e. The number of benzene rings is 3. The number of ether oxygens (including phenoxy) is 3. The van der Waals surface area contributed by atoms with E-state index in [-0.39, 0.29) is 58.3 Å². The summed E-state index contributed by atoms with van der Waals surface area (Å²) < 4.78 is 23.5. The zero-order chi connectivity index (χ0) is 49.8. The molecule has 3 aromatic carbocycles. The molecule has 1 saturated heterocycles. The molecule has 4 amide bonds. The van der Waals surface area contributed by atoms with E-state index in [1.807, 2.05) is 83.3 Å².